The number of nitrogens with one attached hydrogen (secondary N) is 1. The van der Waals surface area contributed by atoms with Gasteiger partial charge in [0.05, 0.1) is 6.10 Å². The lowest BCUT2D eigenvalue weighted by molar-refractivity contribution is 0.0200. The van der Waals surface area contributed by atoms with E-state index in [0.717, 1.165) is 24.4 Å². The van der Waals surface area contributed by atoms with Crippen LogP contribution in [0.3, 0.4) is 0 Å². The van der Waals surface area contributed by atoms with Gasteiger partial charge in [-0.15, -0.1) is 0 Å². The van der Waals surface area contributed by atoms with Crippen LogP contribution in [0.2, 0.25) is 0 Å². The maximum absolute atomic E-state index is 6.15. The van der Waals surface area contributed by atoms with Crippen LogP contribution in [0.5, 0.6) is 0 Å². The second-order valence-electron chi connectivity index (χ2n) is 6.79. The highest BCUT2D eigenvalue weighted by atomic mass is 16.5. The third kappa shape index (κ3) is 3.23. The van der Waals surface area contributed by atoms with E-state index in [9.17, 15) is 0 Å². The minimum absolute atomic E-state index is 0.479. The predicted octanol–water partition coefficient (Wildman–Crippen LogP) is 3.07. The molecule has 0 radical (unpaired) electrons. The molecule has 0 saturated carbocycles. The first-order valence-electron chi connectivity index (χ1n) is 7.43. The Kier molecular flexibility index (Phi) is 4.48. The van der Waals surface area contributed by atoms with Crippen molar-refractivity contribution in [3.05, 3.63) is 0 Å². The minimum Gasteiger partial charge on any atom is -0.376 e. The van der Waals surface area contributed by atoms with Gasteiger partial charge in [-0.3, -0.25) is 0 Å². The molecule has 4 atom stereocenters. The monoisotopic (exact) mass is 239 g/mol. The van der Waals surface area contributed by atoms with E-state index in [1.807, 2.05) is 0 Å². The van der Waals surface area contributed by atoms with Gasteiger partial charge in [-0.25, -0.2) is 0 Å². The summed E-state index contributed by atoms with van der Waals surface area (Å²) in [6.07, 6.45) is 4.50. The van der Waals surface area contributed by atoms with E-state index in [4.69, 9.17) is 4.74 Å². The van der Waals surface area contributed by atoms with E-state index >= 15 is 0 Å². The van der Waals surface area contributed by atoms with Crippen molar-refractivity contribution in [3.8, 4) is 0 Å². The molecule has 0 bridgehead atoms. The van der Waals surface area contributed by atoms with Crippen molar-refractivity contribution in [2.45, 2.75) is 59.1 Å². The molecule has 2 heterocycles. The molecule has 2 saturated heterocycles. The molecule has 0 aromatic heterocycles. The Labute approximate surface area is 107 Å². The van der Waals surface area contributed by atoms with Crippen molar-refractivity contribution in [1.29, 1.82) is 0 Å². The van der Waals surface area contributed by atoms with Crippen molar-refractivity contribution in [2.24, 2.45) is 23.7 Å². The topological polar surface area (TPSA) is 21.3 Å². The molecular formula is C15H29NO. The number of hydrogen-bond donors (Lipinski definition) is 1. The number of rotatable bonds is 3. The Morgan fingerprint density at radius 1 is 1.24 bits per heavy atom. The normalized spacial score (nSPS) is 38.5. The van der Waals surface area contributed by atoms with Gasteiger partial charge in [-0.05, 0) is 42.9 Å². The molecule has 2 fully saturated rings. The van der Waals surface area contributed by atoms with Crippen LogP contribution in [0.15, 0.2) is 0 Å². The summed E-state index contributed by atoms with van der Waals surface area (Å²) >= 11 is 0. The van der Waals surface area contributed by atoms with E-state index in [0.29, 0.717) is 18.1 Å². The van der Waals surface area contributed by atoms with E-state index < -0.39 is 0 Å². The number of ether oxygens (including phenoxy) is 1. The fourth-order valence-corrected chi connectivity index (χ4v) is 3.68. The van der Waals surface area contributed by atoms with E-state index in [1.165, 1.54) is 25.8 Å². The molecule has 100 valence electrons. The van der Waals surface area contributed by atoms with Crippen LogP contribution in [0.4, 0.5) is 0 Å². The van der Waals surface area contributed by atoms with Gasteiger partial charge in [0.25, 0.3) is 0 Å². The first-order chi connectivity index (χ1) is 8.08. The average Bonchev–Trinajstić information content (AvgIpc) is 2.51. The minimum atomic E-state index is 0.479. The summed E-state index contributed by atoms with van der Waals surface area (Å²) in [4.78, 5) is 0. The largest absolute Gasteiger partial charge is 0.376 e. The maximum atomic E-state index is 6.15. The molecule has 2 aliphatic rings. The van der Waals surface area contributed by atoms with Gasteiger partial charge in [0.15, 0.2) is 0 Å². The molecule has 0 spiro atoms. The van der Waals surface area contributed by atoms with Crippen LogP contribution in [0.25, 0.3) is 0 Å². The quantitative estimate of drug-likeness (QED) is 0.817. The second-order valence-corrected chi connectivity index (χ2v) is 6.79. The van der Waals surface area contributed by atoms with Crippen molar-refractivity contribution >= 4 is 0 Å². The second kappa shape index (κ2) is 5.71. The van der Waals surface area contributed by atoms with Gasteiger partial charge in [-0.2, -0.15) is 0 Å². The Morgan fingerprint density at radius 2 is 2.00 bits per heavy atom. The summed E-state index contributed by atoms with van der Waals surface area (Å²) in [5.74, 6) is 3.16. The average molecular weight is 239 g/mol. The molecule has 17 heavy (non-hydrogen) atoms. The van der Waals surface area contributed by atoms with Crippen LogP contribution in [0.1, 0.15) is 47.0 Å². The lowest BCUT2D eigenvalue weighted by atomic mass is 9.84. The number of hydrogen-bond acceptors (Lipinski definition) is 2. The highest BCUT2D eigenvalue weighted by Gasteiger charge is 2.40. The highest BCUT2D eigenvalue weighted by molar-refractivity contribution is 4.95. The van der Waals surface area contributed by atoms with E-state index in [1.54, 1.807) is 0 Å². The molecule has 0 aliphatic carbocycles. The zero-order valence-electron chi connectivity index (χ0n) is 11.9. The molecule has 0 aromatic rings. The fourth-order valence-electron chi connectivity index (χ4n) is 3.68. The van der Waals surface area contributed by atoms with Gasteiger partial charge in [0.2, 0.25) is 0 Å². The summed E-state index contributed by atoms with van der Waals surface area (Å²) in [6.45, 7) is 11.4. The molecule has 2 aliphatic heterocycles. The van der Waals surface area contributed by atoms with Crippen molar-refractivity contribution in [2.75, 3.05) is 13.2 Å². The maximum Gasteiger partial charge on any atom is 0.0770 e. The van der Waals surface area contributed by atoms with E-state index in [2.05, 4.69) is 33.0 Å². The predicted molar refractivity (Wildman–Crippen MR) is 72.0 cm³/mol. The molecule has 4 unspecified atom stereocenters. The molecule has 2 rings (SSSR count). The number of fused-ring (bicyclic) bond motifs is 1. The molecule has 0 amide bonds. The summed E-state index contributed by atoms with van der Waals surface area (Å²) in [7, 11) is 0. The van der Waals surface area contributed by atoms with Crippen LogP contribution in [0, 0.1) is 23.7 Å². The molecule has 0 aromatic carbocycles. The molecular weight excluding hydrogens is 210 g/mol. The van der Waals surface area contributed by atoms with Crippen LogP contribution in [-0.4, -0.2) is 25.3 Å². The Hall–Kier alpha value is -0.0800. The lowest BCUT2D eigenvalue weighted by Gasteiger charge is -2.25. The highest BCUT2D eigenvalue weighted by Crippen LogP contribution is 2.34. The Bertz CT molecular complexity index is 239. The Morgan fingerprint density at radius 3 is 2.65 bits per heavy atom. The van der Waals surface area contributed by atoms with Crippen LogP contribution >= 0.6 is 0 Å². The standard InChI is InChI=1S/C15H29NO/c1-10(2)7-12-5-6-17-15-13(8-12)9-16-14(15)11(3)4/h10-16H,5-9H2,1-4H3. The first-order valence-corrected chi connectivity index (χ1v) is 7.43. The zero-order chi connectivity index (χ0) is 12.4. The van der Waals surface area contributed by atoms with E-state index in [-0.39, 0.29) is 0 Å². The summed E-state index contributed by atoms with van der Waals surface area (Å²) in [5, 5.41) is 3.67. The van der Waals surface area contributed by atoms with Gasteiger partial charge < -0.3 is 10.1 Å². The van der Waals surface area contributed by atoms with Gasteiger partial charge in [0, 0.05) is 19.2 Å². The summed E-state index contributed by atoms with van der Waals surface area (Å²) in [6, 6.07) is 0.581. The smallest absolute Gasteiger partial charge is 0.0770 e. The fraction of sp³-hybridized carbons (Fsp3) is 1.00. The molecule has 2 heteroatoms. The SMILES string of the molecule is CC(C)CC1CCOC2C(CNC2C(C)C)C1. The third-order valence-electron chi connectivity index (χ3n) is 4.43. The van der Waals surface area contributed by atoms with Gasteiger partial charge in [0.1, 0.15) is 0 Å². The van der Waals surface area contributed by atoms with Crippen molar-refractivity contribution in [3.63, 3.8) is 0 Å². The summed E-state index contributed by atoms with van der Waals surface area (Å²) < 4.78 is 6.15. The van der Waals surface area contributed by atoms with Crippen LogP contribution in [-0.2, 0) is 4.74 Å². The lowest BCUT2D eigenvalue weighted by Crippen LogP contribution is -2.37. The van der Waals surface area contributed by atoms with Gasteiger partial charge in [-0.1, -0.05) is 27.7 Å². The zero-order valence-corrected chi connectivity index (χ0v) is 11.9. The molecule has 1 N–H and O–H groups in total. The third-order valence-corrected chi connectivity index (χ3v) is 4.43. The summed E-state index contributed by atoms with van der Waals surface area (Å²) in [5.41, 5.74) is 0. The van der Waals surface area contributed by atoms with Crippen molar-refractivity contribution in [1.82, 2.24) is 5.32 Å². The Balaban J connectivity index is 1.95. The van der Waals surface area contributed by atoms with Crippen LogP contribution < -0.4 is 5.32 Å². The first kappa shape index (κ1) is 13.4. The van der Waals surface area contributed by atoms with Gasteiger partial charge >= 0.3 is 0 Å². The van der Waals surface area contributed by atoms with Crippen molar-refractivity contribution < 1.29 is 4.74 Å². The molecule has 2 nitrogen and oxygen atoms in total.